The Balaban J connectivity index is 0.00000400. The van der Waals surface area contributed by atoms with Gasteiger partial charge in [-0.3, -0.25) is 9.59 Å². The van der Waals surface area contributed by atoms with Crippen molar-refractivity contribution in [2.45, 2.75) is 46.1 Å². The van der Waals surface area contributed by atoms with Crippen LogP contribution in [0.25, 0.3) is 0 Å². The molecule has 6 nitrogen and oxygen atoms in total. The van der Waals surface area contributed by atoms with E-state index in [1.54, 1.807) is 6.92 Å². The van der Waals surface area contributed by atoms with Crippen molar-refractivity contribution in [3.8, 4) is 0 Å². The van der Waals surface area contributed by atoms with Crippen LogP contribution in [-0.2, 0) is 5.41 Å². The summed E-state index contributed by atoms with van der Waals surface area (Å²) >= 11 is 0. The zero-order valence-corrected chi connectivity index (χ0v) is 14.3. The highest BCUT2D eigenvalue weighted by Crippen LogP contribution is 2.17. The maximum atomic E-state index is 12.1. The molecular weight excluding hydrogens is 292 g/mol. The highest BCUT2D eigenvalue weighted by molar-refractivity contribution is 5.94. The highest BCUT2D eigenvalue weighted by atomic mass is 35.5. The number of H-pyrrole nitrogens is 1. The van der Waals surface area contributed by atoms with E-state index in [1.165, 1.54) is 0 Å². The number of aryl methyl sites for hydroxylation is 1. The molecule has 0 fully saturated rings. The summed E-state index contributed by atoms with van der Waals surface area (Å²) in [4.78, 5) is 31.2. The first-order valence-electron chi connectivity index (χ1n) is 6.73. The van der Waals surface area contributed by atoms with Crippen LogP contribution in [0.1, 0.15) is 49.6 Å². The molecule has 0 bridgehead atoms. The average Bonchev–Trinajstić information content (AvgIpc) is 2.33. The standard InChI is InChI=1S/C14H24N4O2.ClH/c1-8(15-6)7-16-11(19)10-9(2)17-13(14(3,4)5)18-12(10)20;/h8,15H,7H2,1-6H3,(H,16,19)(H,17,18,20);1H. The fourth-order valence-electron chi connectivity index (χ4n) is 1.64. The van der Waals surface area contributed by atoms with E-state index in [4.69, 9.17) is 0 Å². The van der Waals surface area contributed by atoms with Crippen molar-refractivity contribution < 1.29 is 4.79 Å². The Morgan fingerprint density at radius 1 is 1.38 bits per heavy atom. The van der Waals surface area contributed by atoms with Gasteiger partial charge in [0.2, 0.25) is 0 Å². The monoisotopic (exact) mass is 316 g/mol. The summed E-state index contributed by atoms with van der Waals surface area (Å²) < 4.78 is 0. The summed E-state index contributed by atoms with van der Waals surface area (Å²) in [6, 6.07) is 0.139. The minimum Gasteiger partial charge on any atom is -0.350 e. The fraction of sp³-hybridized carbons (Fsp3) is 0.643. The molecule has 1 amide bonds. The number of hydrogen-bond donors (Lipinski definition) is 3. The normalized spacial score (nSPS) is 12.5. The van der Waals surface area contributed by atoms with E-state index in [2.05, 4.69) is 20.6 Å². The first-order valence-corrected chi connectivity index (χ1v) is 6.73. The lowest BCUT2D eigenvalue weighted by molar-refractivity contribution is 0.0947. The number of nitrogens with zero attached hydrogens (tertiary/aromatic N) is 1. The molecule has 1 aromatic rings. The minimum atomic E-state index is -0.392. The van der Waals surface area contributed by atoms with Gasteiger partial charge in [-0.2, -0.15) is 0 Å². The molecule has 0 saturated carbocycles. The van der Waals surface area contributed by atoms with Crippen molar-refractivity contribution >= 4 is 18.3 Å². The van der Waals surface area contributed by atoms with Gasteiger partial charge in [-0.05, 0) is 20.9 Å². The number of carbonyl (C=O) groups is 1. The summed E-state index contributed by atoms with van der Waals surface area (Å²) in [5, 5.41) is 5.74. The van der Waals surface area contributed by atoms with Crippen molar-refractivity contribution in [1.29, 1.82) is 0 Å². The van der Waals surface area contributed by atoms with E-state index in [0.29, 0.717) is 18.1 Å². The number of hydrogen-bond acceptors (Lipinski definition) is 4. The molecule has 1 atom stereocenters. The number of halogens is 1. The van der Waals surface area contributed by atoms with E-state index in [9.17, 15) is 9.59 Å². The lowest BCUT2D eigenvalue weighted by atomic mass is 9.95. The van der Waals surface area contributed by atoms with Crippen LogP contribution < -0.4 is 16.2 Å². The number of aromatic nitrogens is 2. The molecule has 0 radical (unpaired) electrons. The largest absolute Gasteiger partial charge is 0.350 e. The van der Waals surface area contributed by atoms with Gasteiger partial charge >= 0.3 is 0 Å². The Labute approximate surface area is 131 Å². The lowest BCUT2D eigenvalue weighted by Gasteiger charge is -2.18. The zero-order valence-electron chi connectivity index (χ0n) is 13.5. The topological polar surface area (TPSA) is 86.9 Å². The smallest absolute Gasteiger partial charge is 0.264 e. The van der Waals surface area contributed by atoms with Crippen molar-refractivity contribution in [3.05, 3.63) is 27.4 Å². The summed E-state index contributed by atoms with van der Waals surface area (Å²) in [5.41, 5.74) is -0.119. The van der Waals surface area contributed by atoms with Gasteiger partial charge in [0.25, 0.3) is 11.5 Å². The second kappa shape index (κ2) is 7.56. The Hall–Kier alpha value is -1.40. The summed E-state index contributed by atoms with van der Waals surface area (Å²) in [6.45, 7) is 9.95. The second-order valence-electron chi connectivity index (χ2n) is 6.02. The van der Waals surface area contributed by atoms with Gasteiger partial charge in [-0.1, -0.05) is 20.8 Å². The van der Waals surface area contributed by atoms with E-state index in [0.717, 1.165) is 0 Å². The van der Waals surface area contributed by atoms with Gasteiger partial charge in [-0.25, -0.2) is 4.98 Å². The number of carbonyl (C=O) groups excluding carboxylic acids is 1. The third-order valence-corrected chi connectivity index (χ3v) is 3.10. The number of amides is 1. The molecule has 120 valence electrons. The number of rotatable bonds is 4. The van der Waals surface area contributed by atoms with Crippen molar-refractivity contribution in [2.75, 3.05) is 13.6 Å². The van der Waals surface area contributed by atoms with Gasteiger partial charge in [0, 0.05) is 18.0 Å². The Bertz CT molecular complexity index is 549. The van der Waals surface area contributed by atoms with E-state index in [-0.39, 0.29) is 35.3 Å². The summed E-state index contributed by atoms with van der Waals surface area (Å²) in [6.07, 6.45) is 0. The maximum absolute atomic E-state index is 12.1. The highest BCUT2D eigenvalue weighted by Gasteiger charge is 2.22. The lowest BCUT2D eigenvalue weighted by Crippen LogP contribution is -2.40. The molecule has 7 heteroatoms. The van der Waals surface area contributed by atoms with Crippen LogP contribution in [0.2, 0.25) is 0 Å². The Kier molecular flexibility index (Phi) is 7.06. The van der Waals surface area contributed by atoms with E-state index >= 15 is 0 Å². The first-order chi connectivity index (χ1) is 9.16. The second-order valence-corrected chi connectivity index (χ2v) is 6.02. The molecule has 0 spiro atoms. The molecule has 1 aromatic heterocycles. The molecule has 0 aliphatic heterocycles. The van der Waals surface area contributed by atoms with Gasteiger partial charge < -0.3 is 15.6 Å². The SMILES string of the molecule is CNC(C)CNC(=O)c1c(C)nc(C(C)(C)C)[nH]c1=O.Cl. The molecule has 0 saturated heterocycles. The van der Waals surface area contributed by atoms with Crippen molar-refractivity contribution in [2.24, 2.45) is 0 Å². The van der Waals surface area contributed by atoms with Crippen molar-refractivity contribution in [3.63, 3.8) is 0 Å². The molecule has 21 heavy (non-hydrogen) atoms. The van der Waals surface area contributed by atoms with Crippen LogP contribution >= 0.6 is 12.4 Å². The third-order valence-electron chi connectivity index (χ3n) is 3.10. The molecule has 1 unspecified atom stereocenters. The molecule has 1 rings (SSSR count). The van der Waals surface area contributed by atoms with Gasteiger partial charge in [-0.15, -0.1) is 12.4 Å². The van der Waals surface area contributed by atoms with Crippen LogP contribution in [0.4, 0.5) is 0 Å². The zero-order chi connectivity index (χ0) is 15.5. The Morgan fingerprint density at radius 3 is 2.38 bits per heavy atom. The number of aromatic amines is 1. The Morgan fingerprint density at radius 2 is 1.95 bits per heavy atom. The third kappa shape index (κ3) is 5.13. The maximum Gasteiger partial charge on any atom is 0.264 e. The van der Waals surface area contributed by atoms with Crippen LogP contribution in [-0.4, -0.2) is 35.5 Å². The van der Waals surface area contributed by atoms with Gasteiger partial charge in [0.1, 0.15) is 11.4 Å². The van der Waals surface area contributed by atoms with Crippen molar-refractivity contribution in [1.82, 2.24) is 20.6 Å². The van der Waals surface area contributed by atoms with Gasteiger partial charge in [0.15, 0.2) is 0 Å². The van der Waals surface area contributed by atoms with E-state index in [1.807, 2.05) is 34.7 Å². The molecule has 1 heterocycles. The predicted octanol–water partition coefficient (Wildman–Crippen LogP) is 1.14. The van der Waals surface area contributed by atoms with Crippen LogP contribution in [0.5, 0.6) is 0 Å². The number of nitrogens with one attached hydrogen (secondary N) is 3. The van der Waals surface area contributed by atoms with Crippen LogP contribution in [0, 0.1) is 6.92 Å². The van der Waals surface area contributed by atoms with Crippen LogP contribution in [0.15, 0.2) is 4.79 Å². The number of likely N-dealkylation sites (N-methyl/N-ethyl adjacent to an activating group) is 1. The summed E-state index contributed by atoms with van der Waals surface area (Å²) in [5.74, 6) is 0.193. The molecule has 0 aliphatic rings. The predicted molar refractivity (Wildman–Crippen MR) is 86.4 cm³/mol. The first kappa shape index (κ1) is 19.6. The van der Waals surface area contributed by atoms with Crippen LogP contribution in [0.3, 0.4) is 0 Å². The molecule has 3 N–H and O–H groups in total. The quantitative estimate of drug-likeness (QED) is 0.777. The van der Waals surface area contributed by atoms with E-state index < -0.39 is 5.56 Å². The summed E-state index contributed by atoms with van der Waals surface area (Å²) in [7, 11) is 1.81. The minimum absolute atomic E-state index is 0. The fourth-order valence-corrected chi connectivity index (χ4v) is 1.64. The van der Waals surface area contributed by atoms with Gasteiger partial charge in [0.05, 0.1) is 5.69 Å². The molecule has 0 aliphatic carbocycles. The average molecular weight is 317 g/mol. The molecular formula is C14H25ClN4O2. The molecule has 0 aromatic carbocycles.